The summed E-state index contributed by atoms with van der Waals surface area (Å²) >= 11 is 4.91. The minimum Gasteiger partial charge on any atom is -0.494 e. The van der Waals surface area contributed by atoms with E-state index < -0.39 is 0 Å². The normalized spacial score (nSPS) is 9.95. The third-order valence-electron chi connectivity index (χ3n) is 2.83. The predicted octanol–water partition coefficient (Wildman–Crippen LogP) is 2.97. The smallest absolute Gasteiger partial charge is 0.255 e. The minimum atomic E-state index is -0.211. The molecule has 0 saturated heterocycles. The van der Waals surface area contributed by atoms with Crippen molar-refractivity contribution in [1.82, 2.24) is 0 Å². The number of rotatable bonds is 5. The molecule has 2 rings (SSSR count). The lowest BCUT2D eigenvalue weighted by Gasteiger charge is -2.08. The van der Waals surface area contributed by atoms with Crippen LogP contribution in [0.1, 0.15) is 22.8 Å². The van der Waals surface area contributed by atoms with Crippen molar-refractivity contribution in [3.05, 3.63) is 59.7 Å². The van der Waals surface area contributed by atoms with E-state index in [-0.39, 0.29) is 10.9 Å². The third kappa shape index (κ3) is 4.03. The highest BCUT2D eigenvalue weighted by Crippen LogP contribution is 2.16. The van der Waals surface area contributed by atoms with Gasteiger partial charge in [-0.25, -0.2) is 0 Å². The molecule has 0 unspecified atom stereocenters. The molecule has 2 aromatic carbocycles. The monoisotopic (exact) mass is 300 g/mol. The molecule has 0 saturated carbocycles. The Morgan fingerprint density at radius 1 is 1.19 bits per heavy atom. The fraction of sp³-hybridized carbons (Fsp3) is 0.125. The maximum absolute atomic E-state index is 12.2. The molecule has 3 N–H and O–H groups in total. The van der Waals surface area contributed by atoms with Gasteiger partial charge in [-0.2, -0.15) is 0 Å². The molecule has 21 heavy (non-hydrogen) atoms. The second kappa shape index (κ2) is 6.85. The van der Waals surface area contributed by atoms with Gasteiger partial charge in [-0.3, -0.25) is 4.79 Å². The minimum absolute atomic E-state index is 0.211. The van der Waals surface area contributed by atoms with Crippen molar-refractivity contribution < 1.29 is 9.53 Å². The number of anilines is 1. The van der Waals surface area contributed by atoms with E-state index in [1.165, 1.54) is 0 Å². The molecule has 0 atom stereocenters. The molecule has 0 aliphatic heterocycles. The average molecular weight is 300 g/mol. The van der Waals surface area contributed by atoms with E-state index in [0.29, 0.717) is 23.4 Å². The van der Waals surface area contributed by atoms with Gasteiger partial charge in [0.25, 0.3) is 5.91 Å². The standard InChI is InChI=1S/C16H16N2O2S/c1-2-20-14-8-6-13(7-9-14)18-16(19)12-5-3-4-11(10-12)15(17)21/h3-10H,2H2,1H3,(H2,17,21)(H,18,19). The Bertz CT molecular complexity index is 654. The molecule has 0 aliphatic rings. The first-order valence-corrected chi connectivity index (χ1v) is 6.95. The van der Waals surface area contributed by atoms with E-state index >= 15 is 0 Å². The van der Waals surface area contributed by atoms with E-state index in [1.54, 1.807) is 36.4 Å². The van der Waals surface area contributed by atoms with Crippen LogP contribution in [-0.4, -0.2) is 17.5 Å². The zero-order chi connectivity index (χ0) is 15.2. The summed E-state index contributed by atoms with van der Waals surface area (Å²) in [5.74, 6) is 0.559. The molecule has 0 heterocycles. The van der Waals surface area contributed by atoms with Gasteiger partial charge in [0, 0.05) is 16.8 Å². The van der Waals surface area contributed by atoms with Crippen LogP contribution >= 0.6 is 12.2 Å². The number of carbonyl (C=O) groups is 1. The second-order valence-corrected chi connectivity index (χ2v) is 4.80. The van der Waals surface area contributed by atoms with Crippen molar-refractivity contribution in [2.45, 2.75) is 6.92 Å². The number of carbonyl (C=O) groups excluding carboxylic acids is 1. The molecule has 108 valence electrons. The summed E-state index contributed by atoms with van der Waals surface area (Å²) in [5, 5.41) is 2.82. The molecule has 4 nitrogen and oxygen atoms in total. The quantitative estimate of drug-likeness (QED) is 0.833. The number of nitrogens with two attached hydrogens (primary N) is 1. The number of benzene rings is 2. The van der Waals surface area contributed by atoms with Gasteiger partial charge in [0.2, 0.25) is 0 Å². The van der Waals surface area contributed by atoms with E-state index in [2.05, 4.69) is 5.32 Å². The van der Waals surface area contributed by atoms with E-state index in [4.69, 9.17) is 22.7 Å². The molecule has 0 aliphatic carbocycles. The van der Waals surface area contributed by atoms with Crippen molar-refractivity contribution in [1.29, 1.82) is 0 Å². The van der Waals surface area contributed by atoms with Crippen LogP contribution in [0.25, 0.3) is 0 Å². The second-order valence-electron chi connectivity index (χ2n) is 4.36. The van der Waals surface area contributed by atoms with Crippen LogP contribution < -0.4 is 15.8 Å². The van der Waals surface area contributed by atoms with Crippen molar-refractivity contribution in [2.75, 3.05) is 11.9 Å². The largest absolute Gasteiger partial charge is 0.494 e. The Morgan fingerprint density at radius 2 is 1.86 bits per heavy atom. The number of thiocarbonyl (C=S) groups is 1. The summed E-state index contributed by atoms with van der Waals surface area (Å²) in [6.07, 6.45) is 0. The van der Waals surface area contributed by atoms with Crippen LogP contribution in [0.4, 0.5) is 5.69 Å². The van der Waals surface area contributed by atoms with Crippen LogP contribution in [0.2, 0.25) is 0 Å². The van der Waals surface area contributed by atoms with Gasteiger partial charge < -0.3 is 15.8 Å². The molecule has 5 heteroatoms. The Labute approximate surface area is 128 Å². The topological polar surface area (TPSA) is 64.3 Å². The number of hydrogen-bond donors (Lipinski definition) is 2. The molecule has 0 fully saturated rings. The van der Waals surface area contributed by atoms with Crippen LogP contribution in [0, 0.1) is 0 Å². The Kier molecular flexibility index (Phi) is 4.90. The maximum Gasteiger partial charge on any atom is 0.255 e. The average Bonchev–Trinajstić information content (AvgIpc) is 2.49. The molecule has 0 aromatic heterocycles. The zero-order valence-corrected chi connectivity index (χ0v) is 12.4. The first-order chi connectivity index (χ1) is 10.1. The molecular weight excluding hydrogens is 284 g/mol. The summed E-state index contributed by atoms with van der Waals surface area (Å²) in [7, 11) is 0. The summed E-state index contributed by atoms with van der Waals surface area (Å²) < 4.78 is 5.35. The van der Waals surface area contributed by atoms with Crippen molar-refractivity contribution >= 4 is 28.8 Å². The fourth-order valence-electron chi connectivity index (χ4n) is 1.82. The van der Waals surface area contributed by atoms with Gasteiger partial charge >= 0.3 is 0 Å². The van der Waals surface area contributed by atoms with E-state index in [0.717, 1.165) is 5.75 Å². The maximum atomic E-state index is 12.2. The molecule has 0 spiro atoms. The lowest BCUT2D eigenvalue weighted by atomic mass is 10.1. The van der Waals surface area contributed by atoms with Crippen LogP contribution in [0.15, 0.2) is 48.5 Å². The van der Waals surface area contributed by atoms with Gasteiger partial charge in [-0.15, -0.1) is 0 Å². The Hall–Kier alpha value is -2.40. The zero-order valence-electron chi connectivity index (χ0n) is 11.6. The van der Waals surface area contributed by atoms with Crippen LogP contribution in [-0.2, 0) is 0 Å². The first kappa shape index (κ1) is 15.0. The number of amides is 1. The molecular formula is C16H16N2O2S. The SMILES string of the molecule is CCOc1ccc(NC(=O)c2cccc(C(N)=S)c2)cc1. The van der Waals surface area contributed by atoms with Crippen LogP contribution in [0.3, 0.4) is 0 Å². The van der Waals surface area contributed by atoms with Crippen molar-refractivity contribution in [2.24, 2.45) is 5.73 Å². The Balaban J connectivity index is 2.10. The van der Waals surface area contributed by atoms with E-state index in [9.17, 15) is 4.79 Å². The van der Waals surface area contributed by atoms with Gasteiger partial charge in [0.1, 0.15) is 10.7 Å². The highest BCUT2D eigenvalue weighted by molar-refractivity contribution is 7.80. The highest BCUT2D eigenvalue weighted by Gasteiger charge is 2.07. The predicted molar refractivity (Wildman–Crippen MR) is 87.9 cm³/mol. The number of nitrogens with one attached hydrogen (secondary N) is 1. The fourth-order valence-corrected chi connectivity index (χ4v) is 1.95. The molecule has 0 bridgehead atoms. The van der Waals surface area contributed by atoms with Crippen molar-refractivity contribution in [3.63, 3.8) is 0 Å². The summed E-state index contributed by atoms with van der Waals surface area (Å²) in [6.45, 7) is 2.53. The van der Waals surface area contributed by atoms with Gasteiger partial charge in [0.05, 0.1) is 6.61 Å². The van der Waals surface area contributed by atoms with Crippen molar-refractivity contribution in [3.8, 4) is 5.75 Å². The summed E-state index contributed by atoms with van der Waals surface area (Å²) in [4.78, 5) is 12.4. The van der Waals surface area contributed by atoms with Gasteiger partial charge in [-0.1, -0.05) is 24.4 Å². The highest BCUT2D eigenvalue weighted by atomic mass is 32.1. The van der Waals surface area contributed by atoms with Crippen LogP contribution in [0.5, 0.6) is 5.75 Å². The lowest BCUT2D eigenvalue weighted by Crippen LogP contribution is -2.14. The first-order valence-electron chi connectivity index (χ1n) is 6.54. The summed E-state index contributed by atoms with van der Waals surface area (Å²) in [5.41, 5.74) is 7.44. The molecule has 0 radical (unpaired) electrons. The third-order valence-corrected chi connectivity index (χ3v) is 3.07. The van der Waals surface area contributed by atoms with E-state index in [1.807, 2.05) is 19.1 Å². The van der Waals surface area contributed by atoms with Gasteiger partial charge in [0.15, 0.2) is 0 Å². The number of ether oxygens (including phenoxy) is 1. The number of hydrogen-bond acceptors (Lipinski definition) is 3. The molecule has 2 aromatic rings. The van der Waals surface area contributed by atoms with Gasteiger partial charge in [-0.05, 0) is 43.3 Å². The lowest BCUT2D eigenvalue weighted by molar-refractivity contribution is 0.102. The summed E-state index contributed by atoms with van der Waals surface area (Å²) in [6, 6.07) is 14.1. The Morgan fingerprint density at radius 3 is 2.48 bits per heavy atom. The molecule has 1 amide bonds.